The number of nitrogens with zero attached hydrogens (tertiary/aromatic N) is 4. The topological polar surface area (TPSA) is 78.7 Å². The van der Waals surface area contributed by atoms with Crippen LogP contribution in [0.4, 0.5) is 4.39 Å². The summed E-state index contributed by atoms with van der Waals surface area (Å²) in [5.74, 6) is 0.440. The molecule has 2 heterocycles. The second kappa shape index (κ2) is 9.61. The lowest BCUT2D eigenvalue weighted by molar-refractivity contribution is 0.612. The molecule has 6 nitrogen and oxygen atoms in total. The smallest absolute Gasteiger partial charge is 0.327 e. The molecule has 8 heteroatoms. The van der Waals surface area contributed by atoms with E-state index >= 15 is 0 Å². The van der Waals surface area contributed by atoms with Gasteiger partial charge in [0, 0.05) is 12.7 Å². The van der Waals surface area contributed by atoms with Gasteiger partial charge in [0.2, 0.25) is 0 Å². The molecule has 0 bridgehead atoms. The van der Waals surface area contributed by atoms with Crippen LogP contribution >= 0.6 is 12.4 Å². The summed E-state index contributed by atoms with van der Waals surface area (Å²) in [7, 11) is 0. The minimum absolute atomic E-state index is 0. The highest BCUT2D eigenvalue weighted by Crippen LogP contribution is 2.10. The summed E-state index contributed by atoms with van der Waals surface area (Å²) in [4.78, 5) is 16.7. The quantitative estimate of drug-likeness (QED) is 0.705. The molecule has 0 saturated heterocycles. The van der Waals surface area contributed by atoms with Crippen LogP contribution < -0.4 is 11.4 Å². The molecule has 0 unspecified atom stereocenters. The zero-order chi connectivity index (χ0) is 18.4. The van der Waals surface area contributed by atoms with E-state index in [-0.39, 0.29) is 31.1 Å². The minimum Gasteiger partial charge on any atom is -0.327 e. The van der Waals surface area contributed by atoms with Gasteiger partial charge in [-0.3, -0.25) is 0 Å². The van der Waals surface area contributed by atoms with Crippen molar-refractivity contribution >= 4 is 24.6 Å². The summed E-state index contributed by atoms with van der Waals surface area (Å²) in [6.45, 7) is 0.0280. The van der Waals surface area contributed by atoms with E-state index in [4.69, 9.17) is 5.73 Å². The molecule has 0 amide bonds. The Bertz CT molecular complexity index is 995. The lowest BCUT2D eigenvalue weighted by Gasteiger charge is -2.02. The van der Waals surface area contributed by atoms with Gasteiger partial charge in [0.15, 0.2) is 0 Å². The van der Waals surface area contributed by atoms with E-state index in [1.165, 1.54) is 10.9 Å². The Hall–Kier alpha value is -3.03. The van der Waals surface area contributed by atoms with Crippen LogP contribution in [0.25, 0.3) is 18.0 Å². The zero-order valence-electron chi connectivity index (χ0n) is 14.4. The molecule has 0 spiro atoms. The Labute approximate surface area is 161 Å². The molecule has 0 radical (unpaired) electrons. The number of benzene rings is 1. The van der Waals surface area contributed by atoms with E-state index in [9.17, 15) is 9.18 Å². The van der Waals surface area contributed by atoms with Crippen LogP contribution in [0, 0.1) is 0 Å². The normalized spacial score (nSPS) is 11.6. The van der Waals surface area contributed by atoms with E-state index in [1.807, 2.05) is 48.6 Å². The van der Waals surface area contributed by atoms with Crippen LogP contribution in [0.15, 0.2) is 71.7 Å². The lowest BCUT2D eigenvalue weighted by atomic mass is 10.1. The fourth-order valence-electron chi connectivity index (χ4n) is 2.36. The maximum Gasteiger partial charge on any atom is 0.351 e. The Balaban J connectivity index is 0.00000261. The monoisotopic (exact) mass is 387 g/mol. The predicted octanol–water partition coefficient (Wildman–Crippen LogP) is 2.83. The van der Waals surface area contributed by atoms with Gasteiger partial charge in [0.05, 0.1) is 12.9 Å². The molecule has 0 fully saturated rings. The third-order valence-corrected chi connectivity index (χ3v) is 3.79. The maximum absolute atomic E-state index is 12.7. The number of halogens is 2. The number of rotatable bonds is 6. The van der Waals surface area contributed by atoms with Crippen LogP contribution in [0.1, 0.15) is 11.1 Å². The van der Waals surface area contributed by atoms with Gasteiger partial charge < -0.3 is 5.73 Å². The van der Waals surface area contributed by atoms with Crippen LogP contribution in [-0.2, 0) is 6.54 Å². The molecule has 140 valence electrons. The molecule has 3 rings (SSSR count). The standard InChI is InChI=1S/C19H18FN5O.ClH/c20-11-17(12-21)13-25-19(26)24(14-23-25)18-10-16(8-9-22-18)7-6-15-4-2-1-3-5-15;/h1-11,14H,12-13,21H2;1H/b7-6+,17-11+;. The second-order valence-corrected chi connectivity index (χ2v) is 5.60. The first-order valence-corrected chi connectivity index (χ1v) is 8.03. The van der Waals surface area contributed by atoms with Crippen molar-refractivity contribution in [1.29, 1.82) is 0 Å². The van der Waals surface area contributed by atoms with Gasteiger partial charge in [-0.2, -0.15) is 5.10 Å². The van der Waals surface area contributed by atoms with Gasteiger partial charge in [0.1, 0.15) is 12.1 Å². The lowest BCUT2D eigenvalue weighted by Crippen LogP contribution is -2.26. The molecular formula is C19H19ClFN5O. The predicted molar refractivity (Wildman–Crippen MR) is 106 cm³/mol. The Morgan fingerprint density at radius 2 is 1.89 bits per heavy atom. The van der Waals surface area contributed by atoms with Gasteiger partial charge in [-0.25, -0.2) is 23.4 Å². The van der Waals surface area contributed by atoms with Crippen molar-refractivity contribution in [2.45, 2.75) is 6.54 Å². The molecule has 0 aliphatic heterocycles. The van der Waals surface area contributed by atoms with E-state index in [2.05, 4.69) is 10.1 Å². The highest BCUT2D eigenvalue weighted by Gasteiger charge is 2.09. The van der Waals surface area contributed by atoms with Gasteiger partial charge in [0.25, 0.3) is 0 Å². The summed E-state index contributed by atoms with van der Waals surface area (Å²) >= 11 is 0. The fraction of sp³-hybridized carbons (Fsp3) is 0.105. The van der Waals surface area contributed by atoms with E-state index in [0.29, 0.717) is 12.1 Å². The molecular weight excluding hydrogens is 369 g/mol. The number of pyridine rings is 1. The number of aromatic nitrogens is 4. The van der Waals surface area contributed by atoms with Crippen LogP contribution in [-0.4, -0.2) is 25.9 Å². The average Bonchev–Trinajstić information content (AvgIpc) is 3.05. The average molecular weight is 388 g/mol. The first-order chi connectivity index (χ1) is 12.7. The van der Waals surface area contributed by atoms with E-state index in [0.717, 1.165) is 15.8 Å². The molecule has 2 aromatic heterocycles. The third-order valence-electron chi connectivity index (χ3n) is 3.79. The van der Waals surface area contributed by atoms with Gasteiger partial charge >= 0.3 is 5.69 Å². The molecule has 27 heavy (non-hydrogen) atoms. The number of hydrogen-bond acceptors (Lipinski definition) is 4. The van der Waals surface area contributed by atoms with E-state index < -0.39 is 5.69 Å². The van der Waals surface area contributed by atoms with Crippen molar-refractivity contribution in [1.82, 2.24) is 19.3 Å². The number of hydrogen-bond donors (Lipinski definition) is 1. The third kappa shape index (κ3) is 4.99. The molecule has 1 aromatic carbocycles. The fourth-order valence-corrected chi connectivity index (χ4v) is 2.36. The van der Waals surface area contributed by atoms with Gasteiger partial charge in [-0.15, -0.1) is 12.4 Å². The molecule has 2 N–H and O–H groups in total. The summed E-state index contributed by atoms with van der Waals surface area (Å²) < 4.78 is 15.1. The minimum atomic E-state index is -0.408. The highest BCUT2D eigenvalue weighted by atomic mass is 35.5. The summed E-state index contributed by atoms with van der Waals surface area (Å²) in [6.07, 6.45) is 7.30. The molecule has 0 saturated carbocycles. The van der Waals surface area contributed by atoms with Crippen molar-refractivity contribution < 1.29 is 4.39 Å². The van der Waals surface area contributed by atoms with Gasteiger partial charge in [-0.05, 0) is 28.8 Å². The van der Waals surface area contributed by atoms with Crippen LogP contribution in [0.3, 0.4) is 0 Å². The molecule has 0 aliphatic rings. The van der Waals surface area contributed by atoms with Crippen molar-refractivity contribution in [2.24, 2.45) is 5.73 Å². The molecule has 3 aromatic rings. The van der Waals surface area contributed by atoms with Crippen molar-refractivity contribution in [3.63, 3.8) is 0 Å². The molecule has 0 atom stereocenters. The Morgan fingerprint density at radius 1 is 1.15 bits per heavy atom. The van der Waals surface area contributed by atoms with Gasteiger partial charge in [-0.1, -0.05) is 42.5 Å². The summed E-state index contributed by atoms with van der Waals surface area (Å²) in [6, 6.07) is 13.5. The largest absolute Gasteiger partial charge is 0.351 e. The van der Waals surface area contributed by atoms with Crippen LogP contribution in [0.5, 0.6) is 0 Å². The molecule has 0 aliphatic carbocycles. The van der Waals surface area contributed by atoms with Crippen molar-refractivity contribution in [3.8, 4) is 5.82 Å². The maximum atomic E-state index is 12.7. The first-order valence-electron chi connectivity index (χ1n) is 8.03. The van der Waals surface area contributed by atoms with E-state index in [1.54, 1.807) is 12.3 Å². The van der Waals surface area contributed by atoms with Crippen molar-refractivity contribution in [3.05, 3.63) is 88.5 Å². The zero-order valence-corrected chi connectivity index (χ0v) is 15.2. The first kappa shape index (κ1) is 20.3. The van der Waals surface area contributed by atoms with Crippen molar-refractivity contribution in [2.75, 3.05) is 6.54 Å². The van der Waals surface area contributed by atoms with Crippen LogP contribution in [0.2, 0.25) is 0 Å². The highest BCUT2D eigenvalue weighted by molar-refractivity contribution is 5.85. The second-order valence-electron chi connectivity index (χ2n) is 5.60. The SMILES string of the molecule is Cl.NC/C(=C\F)Cn1ncn(-c2cc(/C=C/c3ccccc3)ccn2)c1=O. The summed E-state index contributed by atoms with van der Waals surface area (Å²) in [5.41, 5.74) is 7.26. The summed E-state index contributed by atoms with van der Waals surface area (Å²) in [5, 5.41) is 4.00. The Kier molecular flexibility index (Phi) is 7.22. The number of nitrogens with two attached hydrogens (primary N) is 1. The Morgan fingerprint density at radius 3 is 2.59 bits per heavy atom.